The van der Waals surface area contributed by atoms with Crippen LogP contribution in [-0.4, -0.2) is 41.1 Å². The number of likely N-dealkylation sites (tertiary alicyclic amines) is 1. The van der Waals surface area contributed by atoms with Gasteiger partial charge in [0.25, 0.3) is 5.44 Å². The number of thioether (sulfide) groups is 1. The van der Waals surface area contributed by atoms with Gasteiger partial charge in [0.05, 0.1) is 5.56 Å². The van der Waals surface area contributed by atoms with Crippen LogP contribution in [0, 0.1) is 0 Å². The highest BCUT2D eigenvalue weighted by atomic mass is 32.2. The molecule has 1 saturated heterocycles. The SMILES string of the molecule is CC(C)(C)OC(=O)C(OC(=O)N1CCCC1)Sc1cccc(C(F)(F)F)c1. The summed E-state index contributed by atoms with van der Waals surface area (Å²) in [7, 11) is 0. The molecule has 1 aromatic carbocycles. The van der Waals surface area contributed by atoms with Crippen molar-refractivity contribution >= 4 is 23.8 Å². The zero-order valence-corrected chi connectivity index (χ0v) is 16.2. The molecule has 0 radical (unpaired) electrons. The molecule has 1 aliphatic heterocycles. The molecule has 1 atom stereocenters. The van der Waals surface area contributed by atoms with Crippen LogP contribution in [0.4, 0.5) is 18.0 Å². The van der Waals surface area contributed by atoms with Crippen LogP contribution in [0.3, 0.4) is 0 Å². The Morgan fingerprint density at radius 1 is 1.15 bits per heavy atom. The van der Waals surface area contributed by atoms with E-state index < -0.39 is 34.8 Å². The monoisotopic (exact) mass is 405 g/mol. The number of hydrogen-bond acceptors (Lipinski definition) is 5. The lowest BCUT2D eigenvalue weighted by molar-refractivity contribution is -0.160. The van der Waals surface area contributed by atoms with E-state index in [4.69, 9.17) is 9.47 Å². The minimum atomic E-state index is -4.51. The zero-order valence-electron chi connectivity index (χ0n) is 15.3. The molecule has 9 heteroatoms. The summed E-state index contributed by atoms with van der Waals surface area (Å²) >= 11 is 0.711. The first-order chi connectivity index (χ1) is 12.5. The maximum atomic E-state index is 12.9. The van der Waals surface area contributed by atoms with E-state index in [1.54, 1.807) is 20.8 Å². The zero-order chi connectivity index (χ0) is 20.2. The van der Waals surface area contributed by atoms with Gasteiger partial charge in [-0.3, -0.25) is 0 Å². The first kappa shape index (κ1) is 21.4. The average molecular weight is 405 g/mol. The summed E-state index contributed by atoms with van der Waals surface area (Å²) in [6.07, 6.45) is -3.51. The lowest BCUT2D eigenvalue weighted by Gasteiger charge is -2.25. The molecular formula is C18H22F3NO4S. The summed E-state index contributed by atoms with van der Waals surface area (Å²) in [6.45, 7) is 6.00. The first-order valence-electron chi connectivity index (χ1n) is 8.48. The Balaban J connectivity index is 2.18. The van der Waals surface area contributed by atoms with E-state index in [0.717, 1.165) is 25.0 Å². The van der Waals surface area contributed by atoms with Crippen molar-refractivity contribution in [2.24, 2.45) is 0 Å². The van der Waals surface area contributed by atoms with Gasteiger partial charge in [0, 0.05) is 18.0 Å². The van der Waals surface area contributed by atoms with Gasteiger partial charge >= 0.3 is 18.2 Å². The summed E-state index contributed by atoms with van der Waals surface area (Å²) < 4.78 is 49.2. The second-order valence-electron chi connectivity index (χ2n) is 7.09. The van der Waals surface area contributed by atoms with Gasteiger partial charge in [-0.1, -0.05) is 17.8 Å². The second kappa shape index (κ2) is 8.41. The lowest BCUT2D eigenvalue weighted by atomic mass is 10.2. The predicted octanol–water partition coefficient (Wildman–Crippen LogP) is 4.70. The fourth-order valence-corrected chi connectivity index (χ4v) is 3.28. The fraction of sp³-hybridized carbons (Fsp3) is 0.556. The Morgan fingerprint density at radius 2 is 1.78 bits per heavy atom. The van der Waals surface area contributed by atoms with Crippen LogP contribution in [0.2, 0.25) is 0 Å². The molecule has 1 heterocycles. The van der Waals surface area contributed by atoms with Gasteiger partial charge in [0.1, 0.15) is 5.60 Å². The number of alkyl halides is 3. The van der Waals surface area contributed by atoms with Crippen molar-refractivity contribution in [1.82, 2.24) is 4.90 Å². The minimum Gasteiger partial charge on any atom is -0.457 e. The summed E-state index contributed by atoms with van der Waals surface area (Å²) in [4.78, 5) is 26.3. The van der Waals surface area contributed by atoms with Crippen molar-refractivity contribution in [2.75, 3.05) is 13.1 Å². The molecule has 0 aromatic heterocycles. The molecule has 27 heavy (non-hydrogen) atoms. The fourth-order valence-electron chi connectivity index (χ4n) is 2.41. The molecule has 0 aliphatic carbocycles. The number of hydrogen-bond donors (Lipinski definition) is 0. The maximum Gasteiger partial charge on any atom is 0.416 e. The van der Waals surface area contributed by atoms with Gasteiger partial charge in [-0.2, -0.15) is 13.2 Å². The maximum absolute atomic E-state index is 12.9. The topological polar surface area (TPSA) is 55.8 Å². The number of halogens is 3. The van der Waals surface area contributed by atoms with Gasteiger partial charge in [0.2, 0.25) is 0 Å². The number of nitrogens with zero attached hydrogens (tertiary/aromatic N) is 1. The highest BCUT2D eigenvalue weighted by molar-refractivity contribution is 8.00. The van der Waals surface area contributed by atoms with Gasteiger partial charge in [-0.05, 0) is 51.8 Å². The Kier molecular flexibility index (Phi) is 6.67. The number of ether oxygens (including phenoxy) is 2. The highest BCUT2D eigenvalue weighted by Crippen LogP contribution is 2.34. The van der Waals surface area contributed by atoms with Crippen molar-refractivity contribution in [3.63, 3.8) is 0 Å². The number of benzene rings is 1. The van der Waals surface area contributed by atoms with Crippen molar-refractivity contribution < 1.29 is 32.2 Å². The largest absolute Gasteiger partial charge is 0.457 e. The molecule has 1 aliphatic rings. The third-order valence-electron chi connectivity index (χ3n) is 3.58. The van der Waals surface area contributed by atoms with Crippen molar-refractivity contribution in [3.8, 4) is 0 Å². The minimum absolute atomic E-state index is 0.148. The molecule has 2 rings (SSSR count). The van der Waals surface area contributed by atoms with Gasteiger partial charge in [-0.15, -0.1) is 0 Å². The molecular weight excluding hydrogens is 383 g/mol. The summed E-state index contributed by atoms with van der Waals surface area (Å²) in [5, 5.41) is 0. The van der Waals surface area contributed by atoms with Crippen LogP contribution < -0.4 is 0 Å². The van der Waals surface area contributed by atoms with E-state index in [-0.39, 0.29) is 4.90 Å². The molecule has 1 fully saturated rings. The van der Waals surface area contributed by atoms with Crippen LogP contribution in [0.15, 0.2) is 29.2 Å². The normalized spacial score (nSPS) is 16.1. The van der Waals surface area contributed by atoms with Crippen LogP contribution >= 0.6 is 11.8 Å². The molecule has 1 aromatic rings. The first-order valence-corrected chi connectivity index (χ1v) is 9.36. The van der Waals surface area contributed by atoms with Crippen molar-refractivity contribution in [1.29, 1.82) is 0 Å². The third-order valence-corrected chi connectivity index (χ3v) is 4.60. The molecule has 0 saturated carbocycles. The Labute approximate surface area is 160 Å². The quantitative estimate of drug-likeness (QED) is 0.413. The second-order valence-corrected chi connectivity index (χ2v) is 8.22. The predicted molar refractivity (Wildman–Crippen MR) is 94.2 cm³/mol. The summed E-state index contributed by atoms with van der Waals surface area (Å²) in [5.74, 6) is -0.822. The van der Waals surface area contributed by atoms with Crippen LogP contribution in [0.5, 0.6) is 0 Å². The Bertz CT molecular complexity index is 682. The van der Waals surface area contributed by atoms with Crippen LogP contribution in [0.1, 0.15) is 39.2 Å². The van der Waals surface area contributed by atoms with Gasteiger partial charge in [0.15, 0.2) is 0 Å². The van der Waals surface area contributed by atoms with E-state index in [0.29, 0.717) is 24.9 Å². The van der Waals surface area contributed by atoms with Crippen LogP contribution in [-0.2, 0) is 20.4 Å². The molecule has 0 bridgehead atoms. The van der Waals surface area contributed by atoms with Gasteiger partial charge < -0.3 is 14.4 Å². The number of esters is 1. The molecule has 5 nitrogen and oxygen atoms in total. The van der Waals surface area contributed by atoms with E-state index in [1.807, 2.05) is 0 Å². The summed E-state index contributed by atoms with van der Waals surface area (Å²) in [5.41, 5.74) is -3.08. The van der Waals surface area contributed by atoms with Gasteiger partial charge in [-0.25, -0.2) is 9.59 Å². The summed E-state index contributed by atoms with van der Waals surface area (Å²) in [6, 6.07) is 4.50. The van der Waals surface area contributed by atoms with Crippen molar-refractivity contribution in [3.05, 3.63) is 29.8 Å². The molecule has 0 spiro atoms. The molecule has 0 N–H and O–H groups in total. The highest BCUT2D eigenvalue weighted by Gasteiger charge is 2.34. The number of carbonyl (C=O) groups excluding carboxylic acids is 2. The number of amides is 1. The smallest absolute Gasteiger partial charge is 0.416 e. The number of rotatable bonds is 4. The third kappa shape index (κ3) is 6.64. The van der Waals surface area contributed by atoms with E-state index in [2.05, 4.69) is 0 Å². The number of carbonyl (C=O) groups is 2. The molecule has 1 unspecified atom stereocenters. The van der Waals surface area contributed by atoms with Crippen LogP contribution in [0.25, 0.3) is 0 Å². The standard InChI is InChI=1S/C18H22F3NO4S/c1-17(2,3)26-14(23)15(25-16(24)22-9-4-5-10-22)27-13-8-6-7-12(11-13)18(19,20)21/h6-8,11,15H,4-5,9-10H2,1-3H3. The Hall–Kier alpha value is -1.90. The van der Waals surface area contributed by atoms with E-state index in [9.17, 15) is 22.8 Å². The Morgan fingerprint density at radius 3 is 2.33 bits per heavy atom. The molecule has 150 valence electrons. The average Bonchev–Trinajstić information content (AvgIpc) is 3.06. The van der Waals surface area contributed by atoms with Crippen molar-refractivity contribution in [2.45, 2.75) is 55.7 Å². The van der Waals surface area contributed by atoms with E-state index in [1.165, 1.54) is 17.0 Å². The van der Waals surface area contributed by atoms with E-state index >= 15 is 0 Å². The molecule has 1 amide bonds. The lowest BCUT2D eigenvalue weighted by Crippen LogP contribution is -2.37.